The fourth-order valence-corrected chi connectivity index (χ4v) is 22.0. The van der Waals surface area contributed by atoms with Crippen molar-refractivity contribution in [3.05, 3.63) is 279 Å². The molecule has 14 aromatic carbocycles. The van der Waals surface area contributed by atoms with E-state index in [0.29, 0.717) is 23.1 Å². The second kappa shape index (κ2) is 21.4. The summed E-state index contributed by atoms with van der Waals surface area (Å²) in [7, 11) is 0. The van der Waals surface area contributed by atoms with Crippen molar-refractivity contribution in [2.45, 2.75) is 19.6 Å². The third-order valence-corrected chi connectivity index (χ3v) is 26.5. The Morgan fingerprint density at radius 1 is 0.287 bits per heavy atom. The summed E-state index contributed by atoms with van der Waals surface area (Å²) >= 11 is 9.16. The van der Waals surface area contributed by atoms with Crippen LogP contribution in [0.1, 0.15) is 0 Å². The van der Waals surface area contributed by atoms with Gasteiger partial charge in [-0.15, -0.1) is 34.0 Å². The molecular weight excluding hydrogens is 1330 g/mol. The second-order valence-corrected chi connectivity index (χ2v) is 31.1. The molecule has 470 valence electrons. The Labute approximate surface area is 593 Å². The molecule has 0 saturated carbocycles. The summed E-state index contributed by atoms with van der Waals surface area (Å²) in [5.74, 6) is 1.26. The fourth-order valence-electron chi connectivity index (χ4n) is 16.0. The van der Waals surface area contributed by atoms with Gasteiger partial charge >= 0.3 is 0 Å². The van der Waals surface area contributed by atoms with Crippen LogP contribution in [0.2, 0.25) is 0 Å². The molecule has 8 nitrogen and oxygen atoms in total. The van der Waals surface area contributed by atoms with Crippen LogP contribution in [-0.4, -0.2) is 29.1 Å². The minimum Gasteiger partial charge on any atom is -0.452 e. The van der Waals surface area contributed by atoms with Gasteiger partial charge in [-0.3, -0.25) is 9.13 Å². The third-order valence-electron chi connectivity index (χ3n) is 20.3. The van der Waals surface area contributed by atoms with Gasteiger partial charge in [0.2, 0.25) is 11.9 Å². The van der Waals surface area contributed by atoms with E-state index in [1.54, 1.807) is 11.8 Å². The molecule has 0 radical (unpaired) electrons. The maximum Gasteiger partial charge on any atom is 0.236 e. The Balaban J connectivity index is 0.000000125. The molecule has 24 rings (SSSR count). The van der Waals surface area contributed by atoms with Crippen molar-refractivity contribution in [1.82, 2.24) is 29.1 Å². The molecule has 0 atom stereocenters. The number of hydrogen-bond acceptors (Lipinski definition) is 11. The maximum absolute atomic E-state index is 6.67. The van der Waals surface area contributed by atoms with Gasteiger partial charge < -0.3 is 8.83 Å². The summed E-state index contributed by atoms with van der Waals surface area (Å²) < 4.78 is 25.5. The molecular formula is C88H46N6O2S5. The first kappa shape index (κ1) is 56.2. The molecule has 9 aromatic heterocycles. The Morgan fingerprint density at radius 3 is 1.29 bits per heavy atom. The summed E-state index contributed by atoms with van der Waals surface area (Å²) in [6.07, 6.45) is 0. The van der Waals surface area contributed by atoms with Gasteiger partial charge in [0.1, 0.15) is 33.6 Å². The van der Waals surface area contributed by atoms with Crippen molar-refractivity contribution >= 4 is 227 Å². The van der Waals surface area contributed by atoms with Crippen molar-refractivity contribution in [3.63, 3.8) is 0 Å². The fraction of sp³-hybridized carbons (Fsp3) is 0. The Hall–Kier alpha value is -11.7. The van der Waals surface area contributed by atoms with Gasteiger partial charge in [0.25, 0.3) is 0 Å². The van der Waals surface area contributed by atoms with Crippen LogP contribution in [0.5, 0.6) is 0 Å². The van der Waals surface area contributed by atoms with E-state index < -0.39 is 0 Å². The molecule has 1 aliphatic rings. The van der Waals surface area contributed by atoms with Gasteiger partial charge in [-0.1, -0.05) is 218 Å². The minimum atomic E-state index is 0.632. The van der Waals surface area contributed by atoms with Gasteiger partial charge in [-0.05, 0) is 95.7 Å². The highest BCUT2D eigenvalue weighted by atomic mass is 32.2. The van der Waals surface area contributed by atoms with Crippen molar-refractivity contribution in [2.75, 3.05) is 0 Å². The number of aromatic nitrogens is 6. The molecule has 0 fully saturated rings. The summed E-state index contributed by atoms with van der Waals surface area (Å²) in [6, 6.07) is 99.4. The number of hydrogen-bond donors (Lipinski definition) is 0. The molecule has 0 unspecified atom stereocenters. The third kappa shape index (κ3) is 8.08. The van der Waals surface area contributed by atoms with Crippen LogP contribution in [0, 0.1) is 0 Å². The molecule has 23 aromatic rings. The van der Waals surface area contributed by atoms with Gasteiger partial charge in [-0.2, -0.15) is 0 Å². The number of nitrogens with zero attached hydrogens (tertiary/aromatic N) is 6. The molecule has 0 aliphatic carbocycles. The SMILES string of the molecule is c1ccc2c(c1)Sc1cccc(-c3nc(-n4c5ccccc5c5c6ccccc6c6sc7ccccc7c6c54)nc4c3oc3ccccc34)c1S2.c1ccc2c(c1)oc1c(-c3ccc4sc5ccccc5c4c3)nc(-n3c4ccccc4c4c5ccccc5c5sc6ccccc6c5c43)nc12. The first-order chi connectivity index (χ1) is 50.1. The van der Waals surface area contributed by atoms with Crippen LogP contribution in [0.4, 0.5) is 0 Å². The smallest absolute Gasteiger partial charge is 0.236 e. The normalized spacial score (nSPS) is 12.7. The monoisotopic (exact) mass is 1380 g/mol. The molecule has 0 N–H and O–H groups in total. The molecule has 0 bridgehead atoms. The molecule has 1 aliphatic heterocycles. The summed E-state index contributed by atoms with van der Waals surface area (Å²) in [4.78, 5) is 26.8. The van der Waals surface area contributed by atoms with Crippen LogP contribution in [0.3, 0.4) is 0 Å². The topological polar surface area (TPSA) is 87.7 Å². The molecule has 10 heterocycles. The van der Waals surface area contributed by atoms with E-state index in [1.165, 1.54) is 123 Å². The lowest BCUT2D eigenvalue weighted by molar-refractivity contribution is 0.666. The lowest BCUT2D eigenvalue weighted by atomic mass is 10.00. The van der Waals surface area contributed by atoms with Crippen molar-refractivity contribution < 1.29 is 8.83 Å². The molecule has 0 spiro atoms. The highest BCUT2D eigenvalue weighted by molar-refractivity contribution is 8.05. The average molecular weight is 1380 g/mol. The predicted molar refractivity (Wildman–Crippen MR) is 427 cm³/mol. The molecule has 13 heteroatoms. The summed E-state index contributed by atoms with van der Waals surface area (Å²) in [6.45, 7) is 0. The Bertz CT molecular complexity index is 7570. The van der Waals surface area contributed by atoms with E-state index in [4.69, 9.17) is 28.8 Å². The highest BCUT2D eigenvalue weighted by Crippen LogP contribution is 2.55. The standard InChI is InChI=1S/C44H23N3OS3.C44H23N3OS2/c1-2-13-25-24(12-1)36-26-14-3-6-18-30(26)47(40(36)37-28-16-5-8-20-32(28)50-43(25)37)44-45-38-27-15-4-7-19-31(27)48-41(38)39(46-44)29-17-11-23-35-42(29)51-34-22-10-9-21-33(34)49-35;1-2-13-27-26(12-1)37-28-14-3-7-17-32(28)47(41(37)38-30-16-6-10-20-35(30)50-43(27)38)44-45-39(42-40(46-44)29-15-4-8-18-33(29)48-42)24-21-22-36-31(23-24)25-11-5-9-19-34(25)49-36/h1-23H;1-23H. The Kier molecular flexibility index (Phi) is 11.9. The van der Waals surface area contributed by atoms with Gasteiger partial charge in [0.05, 0.1) is 22.1 Å². The molecule has 0 saturated heterocycles. The van der Waals surface area contributed by atoms with Crippen LogP contribution in [-0.2, 0) is 0 Å². The van der Waals surface area contributed by atoms with Crippen molar-refractivity contribution in [1.29, 1.82) is 0 Å². The number of thiophene rings is 3. The zero-order valence-corrected chi connectivity index (χ0v) is 57.2. The van der Waals surface area contributed by atoms with Crippen LogP contribution in [0.15, 0.2) is 307 Å². The van der Waals surface area contributed by atoms with Crippen LogP contribution >= 0.6 is 57.5 Å². The maximum atomic E-state index is 6.67. The van der Waals surface area contributed by atoms with Crippen molar-refractivity contribution in [2.24, 2.45) is 0 Å². The lowest BCUT2D eigenvalue weighted by Crippen LogP contribution is -2.04. The quantitative estimate of drug-likeness (QED) is 0.172. The number of rotatable bonds is 4. The largest absolute Gasteiger partial charge is 0.452 e. The number of furan rings is 2. The predicted octanol–water partition coefficient (Wildman–Crippen LogP) is 26.3. The van der Waals surface area contributed by atoms with E-state index in [9.17, 15) is 0 Å². The van der Waals surface area contributed by atoms with Gasteiger partial charge in [0, 0.05) is 134 Å². The highest BCUT2D eigenvalue weighted by Gasteiger charge is 2.30. The summed E-state index contributed by atoms with van der Waals surface area (Å²) in [5.41, 5.74) is 12.7. The van der Waals surface area contributed by atoms with E-state index in [1.807, 2.05) is 70.0 Å². The van der Waals surface area contributed by atoms with E-state index in [-0.39, 0.29) is 0 Å². The minimum absolute atomic E-state index is 0.632. The molecule has 0 amide bonds. The zero-order chi connectivity index (χ0) is 65.7. The van der Waals surface area contributed by atoms with Crippen LogP contribution in [0.25, 0.3) is 204 Å². The summed E-state index contributed by atoms with van der Waals surface area (Å²) in [5, 5.41) is 19.2. The van der Waals surface area contributed by atoms with E-state index >= 15 is 0 Å². The van der Waals surface area contributed by atoms with E-state index in [2.05, 4.69) is 264 Å². The number of fused-ring (bicyclic) bond motifs is 31. The second-order valence-electron chi connectivity index (χ2n) is 25.7. The number of para-hydroxylation sites is 4. The first-order valence-electron chi connectivity index (χ1n) is 33.5. The number of benzene rings is 14. The van der Waals surface area contributed by atoms with Crippen LogP contribution < -0.4 is 0 Å². The van der Waals surface area contributed by atoms with Gasteiger partial charge in [0.15, 0.2) is 11.2 Å². The van der Waals surface area contributed by atoms with E-state index in [0.717, 1.165) is 77.6 Å². The first-order valence-corrected chi connectivity index (χ1v) is 37.6. The van der Waals surface area contributed by atoms with Gasteiger partial charge in [-0.25, -0.2) is 19.9 Å². The lowest BCUT2D eigenvalue weighted by Gasteiger charge is -2.21. The van der Waals surface area contributed by atoms with Crippen molar-refractivity contribution in [3.8, 4) is 34.4 Å². The Morgan fingerprint density at radius 2 is 0.713 bits per heavy atom. The zero-order valence-electron chi connectivity index (χ0n) is 53.1. The average Bonchev–Trinajstić information content (AvgIpc) is 1.54. The molecule has 101 heavy (non-hydrogen) atoms.